The van der Waals surface area contributed by atoms with Crippen LogP contribution in [-0.2, 0) is 0 Å². The zero-order chi connectivity index (χ0) is 15.4. The molecule has 2 rings (SSSR count). The van der Waals surface area contributed by atoms with Crippen molar-refractivity contribution in [2.24, 2.45) is 11.7 Å². The van der Waals surface area contributed by atoms with Crippen LogP contribution in [0.3, 0.4) is 0 Å². The fraction of sp³-hybridized carbons (Fsp3) is 0.625. The lowest BCUT2D eigenvalue weighted by atomic mass is 9.88. The Balaban J connectivity index is 2.27. The van der Waals surface area contributed by atoms with Crippen molar-refractivity contribution in [3.05, 3.63) is 18.2 Å². The molecule has 5 heteroatoms. The Morgan fingerprint density at radius 1 is 1.33 bits per heavy atom. The Hall–Kier alpha value is -1.46. The molecular formula is C16H26N2O3. The number of aliphatic hydroxyl groups is 1. The van der Waals surface area contributed by atoms with Crippen LogP contribution >= 0.6 is 0 Å². The number of piperidine rings is 1. The van der Waals surface area contributed by atoms with Crippen LogP contribution in [0.4, 0.5) is 5.69 Å². The van der Waals surface area contributed by atoms with Gasteiger partial charge in [0, 0.05) is 31.1 Å². The number of benzene rings is 1. The molecule has 0 spiro atoms. The minimum atomic E-state index is -0.310. The molecule has 1 saturated heterocycles. The zero-order valence-corrected chi connectivity index (χ0v) is 13.1. The van der Waals surface area contributed by atoms with Gasteiger partial charge < -0.3 is 25.2 Å². The maximum absolute atomic E-state index is 10.2. The maximum atomic E-state index is 10.2. The van der Waals surface area contributed by atoms with Crippen molar-refractivity contribution < 1.29 is 14.6 Å². The van der Waals surface area contributed by atoms with E-state index in [0.29, 0.717) is 0 Å². The largest absolute Gasteiger partial charge is 0.497 e. The first kappa shape index (κ1) is 15.9. The summed E-state index contributed by atoms with van der Waals surface area (Å²) in [6, 6.07) is 5.80. The van der Waals surface area contributed by atoms with Crippen molar-refractivity contribution in [2.45, 2.75) is 31.9 Å². The molecule has 1 aliphatic rings. The smallest absolute Gasteiger partial charge is 0.142 e. The molecule has 0 radical (unpaired) electrons. The van der Waals surface area contributed by atoms with Gasteiger partial charge in [0.15, 0.2) is 0 Å². The van der Waals surface area contributed by atoms with Crippen molar-refractivity contribution in [1.82, 2.24) is 0 Å². The Morgan fingerprint density at radius 3 is 2.71 bits per heavy atom. The normalized spacial score (nSPS) is 23.8. The third-order valence-corrected chi connectivity index (χ3v) is 4.20. The number of methoxy groups -OCH3 is 2. The molecule has 21 heavy (non-hydrogen) atoms. The number of rotatable bonds is 5. The van der Waals surface area contributed by atoms with E-state index in [0.717, 1.165) is 43.1 Å². The topological polar surface area (TPSA) is 68.0 Å². The first-order valence-electron chi connectivity index (χ1n) is 7.49. The summed E-state index contributed by atoms with van der Waals surface area (Å²) >= 11 is 0. The molecule has 118 valence electrons. The van der Waals surface area contributed by atoms with Crippen molar-refractivity contribution in [2.75, 3.05) is 32.2 Å². The van der Waals surface area contributed by atoms with Crippen LogP contribution in [-0.4, -0.2) is 44.6 Å². The van der Waals surface area contributed by atoms with Gasteiger partial charge >= 0.3 is 0 Å². The van der Waals surface area contributed by atoms with E-state index in [4.69, 9.17) is 15.2 Å². The average molecular weight is 294 g/mol. The minimum absolute atomic E-state index is 0.0563. The number of aliphatic hydroxyl groups excluding tert-OH is 1. The summed E-state index contributed by atoms with van der Waals surface area (Å²) in [5.41, 5.74) is 7.16. The molecule has 0 aliphatic carbocycles. The molecule has 0 amide bonds. The number of hydrogen-bond acceptors (Lipinski definition) is 5. The molecule has 3 atom stereocenters. The number of ether oxygens (including phenoxy) is 2. The van der Waals surface area contributed by atoms with E-state index in [1.165, 1.54) is 0 Å². The van der Waals surface area contributed by atoms with Crippen LogP contribution in [0.2, 0.25) is 0 Å². The van der Waals surface area contributed by atoms with Gasteiger partial charge in [0.25, 0.3) is 0 Å². The summed E-state index contributed by atoms with van der Waals surface area (Å²) in [6.45, 7) is 3.55. The molecule has 0 saturated carbocycles. The van der Waals surface area contributed by atoms with Crippen LogP contribution in [0.1, 0.15) is 19.8 Å². The lowest BCUT2D eigenvalue weighted by Gasteiger charge is -2.40. The SMILES string of the molecule is CCC(O)C1CC(N)CN(c2cc(OC)ccc2OC)C1. The van der Waals surface area contributed by atoms with E-state index >= 15 is 0 Å². The van der Waals surface area contributed by atoms with Crippen molar-refractivity contribution >= 4 is 5.69 Å². The number of nitrogens with two attached hydrogens (primary N) is 1. The summed E-state index contributed by atoms with van der Waals surface area (Å²) in [4.78, 5) is 2.19. The van der Waals surface area contributed by atoms with E-state index in [9.17, 15) is 5.11 Å². The molecule has 0 aromatic heterocycles. The van der Waals surface area contributed by atoms with Gasteiger partial charge in [-0.15, -0.1) is 0 Å². The predicted molar refractivity (Wildman–Crippen MR) is 84.1 cm³/mol. The van der Waals surface area contributed by atoms with Crippen LogP contribution in [0, 0.1) is 5.92 Å². The highest BCUT2D eigenvalue weighted by molar-refractivity contribution is 5.62. The Kier molecular flexibility index (Phi) is 5.31. The fourth-order valence-corrected chi connectivity index (χ4v) is 3.03. The maximum Gasteiger partial charge on any atom is 0.142 e. The number of nitrogens with zero attached hydrogens (tertiary/aromatic N) is 1. The highest BCUT2D eigenvalue weighted by Gasteiger charge is 2.30. The summed E-state index contributed by atoms with van der Waals surface area (Å²) in [5, 5.41) is 10.2. The molecule has 0 bridgehead atoms. The molecule has 5 nitrogen and oxygen atoms in total. The molecule has 1 aromatic carbocycles. The first-order chi connectivity index (χ1) is 10.1. The van der Waals surface area contributed by atoms with E-state index in [-0.39, 0.29) is 18.1 Å². The van der Waals surface area contributed by atoms with Crippen molar-refractivity contribution in [1.29, 1.82) is 0 Å². The van der Waals surface area contributed by atoms with E-state index < -0.39 is 0 Å². The van der Waals surface area contributed by atoms with Gasteiger partial charge in [-0.25, -0.2) is 0 Å². The van der Waals surface area contributed by atoms with Crippen LogP contribution in [0.25, 0.3) is 0 Å². The van der Waals surface area contributed by atoms with E-state index in [1.54, 1.807) is 14.2 Å². The molecule has 1 heterocycles. The lowest BCUT2D eigenvalue weighted by molar-refractivity contribution is 0.0901. The monoisotopic (exact) mass is 294 g/mol. The van der Waals surface area contributed by atoms with Crippen molar-refractivity contribution in [3.8, 4) is 11.5 Å². The highest BCUT2D eigenvalue weighted by atomic mass is 16.5. The van der Waals surface area contributed by atoms with E-state index in [2.05, 4.69) is 4.90 Å². The van der Waals surface area contributed by atoms with Gasteiger partial charge in [-0.1, -0.05) is 6.92 Å². The van der Waals surface area contributed by atoms with Gasteiger partial charge in [-0.3, -0.25) is 0 Å². The van der Waals surface area contributed by atoms with Gasteiger partial charge in [0.05, 0.1) is 26.0 Å². The van der Waals surface area contributed by atoms with Gasteiger partial charge in [0.1, 0.15) is 11.5 Å². The Morgan fingerprint density at radius 2 is 2.10 bits per heavy atom. The molecular weight excluding hydrogens is 268 g/mol. The first-order valence-corrected chi connectivity index (χ1v) is 7.49. The molecule has 3 unspecified atom stereocenters. The van der Waals surface area contributed by atoms with Gasteiger partial charge in [0.2, 0.25) is 0 Å². The second-order valence-electron chi connectivity index (χ2n) is 5.67. The third kappa shape index (κ3) is 3.60. The highest BCUT2D eigenvalue weighted by Crippen LogP contribution is 2.35. The summed E-state index contributed by atoms with van der Waals surface area (Å²) in [5.74, 6) is 1.78. The Labute approximate surface area is 126 Å². The van der Waals surface area contributed by atoms with Crippen LogP contribution in [0.15, 0.2) is 18.2 Å². The van der Waals surface area contributed by atoms with Gasteiger partial charge in [-0.05, 0) is 25.0 Å². The van der Waals surface area contributed by atoms with Crippen LogP contribution in [0.5, 0.6) is 11.5 Å². The molecule has 1 fully saturated rings. The third-order valence-electron chi connectivity index (χ3n) is 4.20. The lowest BCUT2D eigenvalue weighted by Crippen LogP contribution is -2.50. The summed E-state index contributed by atoms with van der Waals surface area (Å²) < 4.78 is 10.8. The zero-order valence-electron chi connectivity index (χ0n) is 13.1. The average Bonchev–Trinajstić information content (AvgIpc) is 2.52. The quantitative estimate of drug-likeness (QED) is 0.864. The predicted octanol–water partition coefficient (Wildman–Crippen LogP) is 1.63. The Bertz CT molecular complexity index is 467. The summed E-state index contributed by atoms with van der Waals surface area (Å²) in [7, 11) is 3.31. The standard InChI is InChI=1S/C16H26N2O3/c1-4-15(19)11-7-12(17)10-18(9-11)14-8-13(20-2)5-6-16(14)21-3/h5-6,8,11-12,15,19H,4,7,9-10,17H2,1-3H3. The second-order valence-corrected chi connectivity index (χ2v) is 5.67. The molecule has 3 N–H and O–H groups in total. The molecule has 1 aliphatic heterocycles. The van der Waals surface area contributed by atoms with Crippen LogP contribution < -0.4 is 20.1 Å². The van der Waals surface area contributed by atoms with Crippen molar-refractivity contribution in [3.63, 3.8) is 0 Å². The fourth-order valence-electron chi connectivity index (χ4n) is 3.03. The molecule has 1 aromatic rings. The number of anilines is 1. The van der Waals surface area contributed by atoms with E-state index in [1.807, 2.05) is 25.1 Å². The minimum Gasteiger partial charge on any atom is -0.497 e. The number of hydrogen-bond donors (Lipinski definition) is 2. The summed E-state index contributed by atoms with van der Waals surface area (Å²) in [6.07, 6.45) is 1.30. The second kappa shape index (κ2) is 7.00. The van der Waals surface area contributed by atoms with Gasteiger partial charge in [-0.2, -0.15) is 0 Å².